The quantitative estimate of drug-likeness (QED) is 0.910. The van der Waals surface area contributed by atoms with Gasteiger partial charge in [-0.25, -0.2) is 4.98 Å². The van der Waals surface area contributed by atoms with Crippen molar-refractivity contribution >= 4 is 23.3 Å². The topological polar surface area (TPSA) is 61.0 Å². The van der Waals surface area contributed by atoms with Crippen molar-refractivity contribution in [3.8, 4) is 0 Å². The lowest BCUT2D eigenvalue weighted by molar-refractivity contribution is 0.0936. The van der Waals surface area contributed by atoms with E-state index in [0.29, 0.717) is 10.7 Å². The molecule has 104 valence electrons. The lowest BCUT2D eigenvalue weighted by Crippen LogP contribution is -2.37. The first kappa shape index (κ1) is 13.0. The van der Waals surface area contributed by atoms with Crippen molar-refractivity contribution in [2.45, 2.75) is 12.5 Å². The molecule has 0 saturated carbocycles. The molecule has 5 nitrogen and oxygen atoms in total. The number of halogens is 1. The van der Waals surface area contributed by atoms with Gasteiger partial charge in [0.15, 0.2) is 0 Å². The molecule has 20 heavy (non-hydrogen) atoms. The number of carbonyl (C=O) groups is 1. The second-order valence-electron chi connectivity index (χ2n) is 4.80. The first-order valence-corrected chi connectivity index (χ1v) is 6.91. The van der Waals surface area contributed by atoms with Gasteiger partial charge in [0.05, 0.1) is 5.02 Å². The lowest BCUT2D eigenvalue weighted by Gasteiger charge is -2.18. The van der Waals surface area contributed by atoms with Gasteiger partial charge in [0, 0.05) is 31.5 Å². The maximum absolute atomic E-state index is 12.0. The van der Waals surface area contributed by atoms with E-state index in [1.807, 2.05) is 18.2 Å². The summed E-state index contributed by atoms with van der Waals surface area (Å²) >= 11 is 6.14. The van der Waals surface area contributed by atoms with Crippen LogP contribution in [0.2, 0.25) is 5.02 Å². The third kappa shape index (κ3) is 2.63. The first-order chi connectivity index (χ1) is 9.74. The van der Waals surface area contributed by atoms with Crippen LogP contribution in [0.15, 0.2) is 36.7 Å². The molecular weight excluding hydrogens is 276 g/mol. The smallest absolute Gasteiger partial charge is 0.267 e. The maximum atomic E-state index is 12.0. The number of carbonyl (C=O) groups excluding carboxylic acids is 1. The molecule has 0 radical (unpaired) electrons. The van der Waals surface area contributed by atoms with Gasteiger partial charge in [-0.15, -0.1) is 0 Å². The third-order valence-electron chi connectivity index (χ3n) is 3.40. The van der Waals surface area contributed by atoms with Gasteiger partial charge in [-0.1, -0.05) is 11.6 Å². The SMILES string of the molecule is O=C(NC1CCN(c2ncccc2Cl)C1)c1ccc[nH]1. The zero-order valence-corrected chi connectivity index (χ0v) is 11.6. The molecule has 6 heteroatoms. The summed E-state index contributed by atoms with van der Waals surface area (Å²) in [6.45, 7) is 1.57. The molecule has 1 fully saturated rings. The average molecular weight is 291 g/mol. The van der Waals surface area contributed by atoms with Crippen LogP contribution in [0.1, 0.15) is 16.9 Å². The van der Waals surface area contributed by atoms with E-state index in [-0.39, 0.29) is 11.9 Å². The fraction of sp³-hybridized carbons (Fsp3) is 0.286. The Labute approximate surface area is 122 Å². The minimum absolute atomic E-state index is 0.0750. The molecule has 0 aliphatic carbocycles. The molecule has 1 aliphatic heterocycles. The summed E-state index contributed by atoms with van der Waals surface area (Å²) in [4.78, 5) is 21.3. The normalized spacial score (nSPS) is 18.2. The zero-order chi connectivity index (χ0) is 13.9. The first-order valence-electron chi connectivity index (χ1n) is 6.54. The van der Waals surface area contributed by atoms with Crippen molar-refractivity contribution in [3.05, 3.63) is 47.4 Å². The van der Waals surface area contributed by atoms with Crippen molar-refractivity contribution in [2.24, 2.45) is 0 Å². The Morgan fingerprint density at radius 3 is 3.10 bits per heavy atom. The number of aromatic amines is 1. The summed E-state index contributed by atoms with van der Waals surface area (Å²) in [5, 5.41) is 3.66. The van der Waals surface area contributed by atoms with E-state index < -0.39 is 0 Å². The highest BCUT2D eigenvalue weighted by atomic mass is 35.5. The molecule has 1 amide bonds. The third-order valence-corrected chi connectivity index (χ3v) is 3.70. The fourth-order valence-electron chi connectivity index (χ4n) is 2.42. The van der Waals surface area contributed by atoms with Crippen molar-refractivity contribution in [3.63, 3.8) is 0 Å². The highest BCUT2D eigenvalue weighted by molar-refractivity contribution is 6.32. The van der Waals surface area contributed by atoms with Gasteiger partial charge in [0.1, 0.15) is 11.5 Å². The molecule has 1 aliphatic rings. The van der Waals surface area contributed by atoms with E-state index >= 15 is 0 Å². The maximum Gasteiger partial charge on any atom is 0.267 e. The number of anilines is 1. The molecule has 1 saturated heterocycles. The molecule has 1 atom stereocenters. The second-order valence-corrected chi connectivity index (χ2v) is 5.20. The molecule has 0 spiro atoms. The van der Waals surface area contributed by atoms with E-state index in [4.69, 9.17) is 11.6 Å². The minimum atomic E-state index is -0.0750. The molecule has 2 aromatic heterocycles. The number of nitrogens with zero attached hydrogens (tertiary/aromatic N) is 2. The number of pyridine rings is 1. The van der Waals surface area contributed by atoms with Gasteiger partial charge >= 0.3 is 0 Å². The Hall–Kier alpha value is -2.01. The van der Waals surface area contributed by atoms with Crippen LogP contribution in [0.4, 0.5) is 5.82 Å². The van der Waals surface area contributed by atoms with Gasteiger partial charge < -0.3 is 15.2 Å². The van der Waals surface area contributed by atoms with Crippen LogP contribution in [0.3, 0.4) is 0 Å². The number of nitrogens with one attached hydrogen (secondary N) is 2. The van der Waals surface area contributed by atoms with Crippen LogP contribution >= 0.6 is 11.6 Å². The number of H-pyrrole nitrogens is 1. The van der Waals surface area contributed by atoms with Crippen LogP contribution in [0, 0.1) is 0 Å². The Balaban J connectivity index is 1.63. The Bertz CT molecular complexity index is 599. The standard InChI is InChI=1S/C14H15ClN4O/c15-11-3-1-7-17-13(11)19-8-5-10(9-19)18-14(20)12-4-2-6-16-12/h1-4,6-7,10,16H,5,8-9H2,(H,18,20). The summed E-state index contributed by atoms with van der Waals surface area (Å²) in [5.41, 5.74) is 0.583. The number of hydrogen-bond donors (Lipinski definition) is 2. The van der Waals surface area contributed by atoms with Crippen molar-refractivity contribution in [1.29, 1.82) is 0 Å². The molecule has 1 unspecified atom stereocenters. The lowest BCUT2D eigenvalue weighted by atomic mass is 10.2. The average Bonchev–Trinajstić information content (AvgIpc) is 3.10. The Morgan fingerprint density at radius 2 is 2.35 bits per heavy atom. The molecule has 3 rings (SSSR count). The molecule has 3 heterocycles. The van der Waals surface area contributed by atoms with Crippen LogP contribution in [0.25, 0.3) is 0 Å². The van der Waals surface area contributed by atoms with Crippen LogP contribution in [0.5, 0.6) is 0 Å². The number of aromatic nitrogens is 2. The second kappa shape index (κ2) is 5.54. The van der Waals surface area contributed by atoms with Gasteiger partial charge in [-0.05, 0) is 30.7 Å². The fourth-order valence-corrected chi connectivity index (χ4v) is 2.66. The largest absolute Gasteiger partial charge is 0.357 e. The monoisotopic (exact) mass is 290 g/mol. The summed E-state index contributed by atoms with van der Waals surface area (Å²) < 4.78 is 0. The van der Waals surface area contributed by atoms with Crippen molar-refractivity contribution < 1.29 is 4.79 Å². The van der Waals surface area contributed by atoms with Crippen LogP contribution < -0.4 is 10.2 Å². The molecule has 2 aromatic rings. The van der Waals surface area contributed by atoms with E-state index in [1.165, 1.54) is 0 Å². The van der Waals surface area contributed by atoms with E-state index in [2.05, 4.69) is 20.2 Å². The summed E-state index contributed by atoms with van der Waals surface area (Å²) in [6.07, 6.45) is 4.36. The van der Waals surface area contributed by atoms with E-state index in [0.717, 1.165) is 25.3 Å². The summed E-state index contributed by atoms with van der Waals surface area (Å²) in [6, 6.07) is 7.33. The van der Waals surface area contributed by atoms with Crippen molar-refractivity contribution in [2.75, 3.05) is 18.0 Å². The number of rotatable bonds is 3. The van der Waals surface area contributed by atoms with Crippen LogP contribution in [-0.4, -0.2) is 35.0 Å². The molecule has 0 bridgehead atoms. The zero-order valence-electron chi connectivity index (χ0n) is 10.8. The molecular formula is C14H15ClN4O. The summed E-state index contributed by atoms with van der Waals surface area (Å²) in [5.74, 6) is 0.708. The molecule has 2 N–H and O–H groups in total. The van der Waals surface area contributed by atoms with Crippen LogP contribution in [-0.2, 0) is 0 Å². The summed E-state index contributed by atoms with van der Waals surface area (Å²) in [7, 11) is 0. The highest BCUT2D eigenvalue weighted by Crippen LogP contribution is 2.25. The van der Waals surface area contributed by atoms with Crippen molar-refractivity contribution in [1.82, 2.24) is 15.3 Å². The number of amides is 1. The van der Waals surface area contributed by atoms with Gasteiger partial charge in [0.25, 0.3) is 5.91 Å². The highest BCUT2D eigenvalue weighted by Gasteiger charge is 2.26. The molecule has 0 aromatic carbocycles. The number of hydrogen-bond acceptors (Lipinski definition) is 3. The van der Waals surface area contributed by atoms with Gasteiger partial charge in [0.2, 0.25) is 0 Å². The van der Waals surface area contributed by atoms with E-state index in [9.17, 15) is 4.79 Å². The minimum Gasteiger partial charge on any atom is -0.357 e. The Morgan fingerprint density at radius 1 is 1.45 bits per heavy atom. The predicted octanol–water partition coefficient (Wildman–Crippen LogP) is 2.07. The predicted molar refractivity (Wildman–Crippen MR) is 78.1 cm³/mol. The van der Waals surface area contributed by atoms with Gasteiger partial charge in [-0.2, -0.15) is 0 Å². The van der Waals surface area contributed by atoms with E-state index in [1.54, 1.807) is 18.5 Å². The van der Waals surface area contributed by atoms with Gasteiger partial charge in [-0.3, -0.25) is 4.79 Å². The Kier molecular flexibility index (Phi) is 3.60.